The molecule has 1 unspecified atom stereocenters. The fraction of sp³-hybridized carbons (Fsp3) is 0.118. The van der Waals surface area contributed by atoms with Gasteiger partial charge < -0.3 is 10.2 Å². The van der Waals surface area contributed by atoms with Crippen LogP contribution < -0.4 is 5.73 Å². The summed E-state index contributed by atoms with van der Waals surface area (Å²) in [5.41, 5.74) is 9.41. The lowest BCUT2D eigenvalue weighted by Crippen LogP contribution is -2.12. The molecule has 2 aromatic carbocycles. The average molecular weight is 294 g/mol. The van der Waals surface area contributed by atoms with Crippen molar-refractivity contribution >= 4 is 32.5 Å². The van der Waals surface area contributed by atoms with Crippen molar-refractivity contribution in [3.05, 3.63) is 65.4 Å². The maximum absolute atomic E-state index is 6.35. The van der Waals surface area contributed by atoms with Crippen LogP contribution in [0.3, 0.4) is 0 Å². The van der Waals surface area contributed by atoms with E-state index in [0.717, 1.165) is 33.5 Å². The number of benzene rings is 2. The predicted molar refractivity (Wildman–Crippen MR) is 86.5 cm³/mol. The maximum atomic E-state index is 6.35. The summed E-state index contributed by atoms with van der Waals surface area (Å²) in [4.78, 5) is 4.64. The second-order valence-corrected chi connectivity index (χ2v) is 6.15. The number of aromatic nitrogens is 1. The van der Waals surface area contributed by atoms with Gasteiger partial charge >= 0.3 is 0 Å². The summed E-state index contributed by atoms with van der Waals surface area (Å²) in [5.74, 6) is 0. The minimum absolute atomic E-state index is 0.108. The largest absolute Gasteiger partial charge is 0.464 e. The van der Waals surface area contributed by atoms with E-state index in [-0.39, 0.29) is 6.04 Å². The Balaban J connectivity index is 1.67. The lowest BCUT2D eigenvalue weighted by Gasteiger charge is -2.06. The molecule has 0 saturated heterocycles. The van der Waals surface area contributed by atoms with Gasteiger partial charge in [0.1, 0.15) is 10.6 Å². The molecule has 0 aliphatic heterocycles. The van der Waals surface area contributed by atoms with Gasteiger partial charge in [-0.25, -0.2) is 4.98 Å². The Morgan fingerprint density at radius 2 is 1.90 bits per heavy atom. The van der Waals surface area contributed by atoms with Crippen molar-refractivity contribution in [2.24, 2.45) is 5.73 Å². The highest BCUT2D eigenvalue weighted by Gasteiger charge is 2.15. The summed E-state index contributed by atoms with van der Waals surface area (Å²) in [6.45, 7) is 0. The van der Waals surface area contributed by atoms with Crippen LogP contribution in [-0.4, -0.2) is 4.98 Å². The zero-order valence-corrected chi connectivity index (χ0v) is 12.1. The van der Waals surface area contributed by atoms with Gasteiger partial charge in [-0.15, -0.1) is 11.3 Å². The Hall–Kier alpha value is -2.17. The van der Waals surface area contributed by atoms with Gasteiger partial charge in [-0.2, -0.15) is 0 Å². The van der Waals surface area contributed by atoms with Gasteiger partial charge in [0.25, 0.3) is 0 Å². The molecule has 104 valence electrons. The summed E-state index contributed by atoms with van der Waals surface area (Å²) in [6, 6.07) is 16.1. The molecule has 4 aromatic rings. The minimum atomic E-state index is -0.108. The zero-order valence-electron chi connectivity index (χ0n) is 11.3. The highest BCUT2D eigenvalue weighted by Crippen LogP contribution is 2.29. The van der Waals surface area contributed by atoms with Crippen molar-refractivity contribution in [2.45, 2.75) is 12.5 Å². The van der Waals surface area contributed by atoms with E-state index in [9.17, 15) is 0 Å². The fourth-order valence-electron chi connectivity index (χ4n) is 2.56. The first kappa shape index (κ1) is 12.6. The summed E-state index contributed by atoms with van der Waals surface area (Å²) < 4.78 is 6.75. The molecule has 0 amide bonds. The van der Waals surface area contributed by atoms with Gasteiger partial charge in [-0.1, -0.05) is 30.3 Å². The summed E-state index contributed by atoms with van der Waals surface area (Å²) in [7, 11) is 0. The SMILES string of the molecule is NC(Cc1coc2ccccc12)c1nc2ccccc2s1. The van der Waals surface area contributed by atoms with Crippen LogP contribution in [0.4, 0.5) is 0 Å². The highest BCUT2D eigenvalue weighted by atomic mass is 32.1. The molecule has 0 bridgehead atoms. The lowest BCUT2D eigenvalue weighted by molar-refractivity contribution is 0.604. The first-order chi connectivity index (χ1) is 10.3. The number of fused-ring (bicyclic) bond motifs is 2. The molecule has 2 N–H and O–H groups in total. The van der Waals surface area contributed by atoms with Crippen molar-refractivity contribution in [1.82, 2.24) is 4.98 Å². The van der Waals surface area contributed by atoms with Crippen molar-refractivity contribution < 1.29 is 4.42 Å². The van der Waals surface area contributed by atoms with Crippen LogP contribution in [0.25, 0.3) is 21.2 Å². The molecule has 1 atom stereocenters. The molecule has 0 radical (unpaired) electrons. The molecule has 2 aromatic heterocycles. The van der Waals surface area contributed by atoms with Crippen molar-refractivity contribution in [3.8, 4) is 0 Å². The summed E-state index contributed by atoms with van der Waals surface area (Å²) in [6.07, 6.45) is 2.54. The molecule has 0 spiro atoms. The van der Waals surface area contributed by atoms with E-state index in [2.05, 4.69) is 17.1 Å². The Bertz CT molecular complexity index is 876. The number of para-hydroxylation sites is 2. The Kier molecular flexibility index (Phi) is 2.98. The second-order valence-electron chi connectivity index (χ2n) is 5.09. The number of thiazole rings is 1. The number of hydrogen-bond acceptors (Lipinski definition) is 4. The number of furan rings is 1. The zero-order chi connectivity index (χ0) is 14.2. The van der Waals surface area contributed by atoms with Gasteiger partial charge in [0.05, 0.1) is 22.5 Å². The van der Waals surface area contributed by atoms with Gasteiger partial charge in [-0.05, 0) is 24.6 Å². The van der Waals surface area contributed by atoms with Gasteiger partial charge in [-0.3, -0.25) is 0 Å². The van der Waals surface area contributed by atoms with Crippen LogP contribution in [-0.2, 0) is 6.42 Å². The van der Waals surface area contributed by atoms with Gasteiger partial charge in [0.15, 0.2) is 0 Å². The average Bonchev–Trinajstić information content (AvgIpc) is 3.11. The van der Waals surface area contributed by atoms with Crippen LogP contribution in [0, 0.1) is 0 Å². The quantitative estimate of drug-likeness (QED) is 0.613. The number of rotatable bonds is 3. The second kappa shape index (κ2) is 4.98. The lowest BCUT2D eigenvalue weighted by atomic mass is 10.1. The van der Waals surface area contributed by atoms with E-state index in [0.29, 0.717) is 0 Å². The maximum Gasteiger partial charge on any atom is 0.134 e. The van der Waals surface area contributed by atoms with E-state index in [1.54, 1.807) is 17.6 Å². The topological polar surface area (TPSA) is 52.0 Å². The number of nitrogens with zero attached hydrogens (tertiary/aromatic N) is 1. The third kappa shape index (κ3) is 2.22. The Morgan fingerprint density at radius 3 is 2.81 bits per heavy atom. The molecule has 4 heteroatoms. The van der Waals surface area contributed by atoms with Crippen LogP contribution in [0.5, 0.6) is 0 Å². The van der Waals surface area contributed by atoms with E-state index < -0.39 is 0 Å². The molecule has 0 saturated carbocycles. The molecular formula is C17H14N2OS. The standard InChI is InChI=1S/C17H14N2OS/c18-13(17-19-14-6-2-4-8-16(14)21-17)9-11-10-20-15-7-3-1-5-12(11)15/h1-8,10,13H,9,18H2. The van der Waals surface area contributed by atoms with Gasteiger partial charge in [0, 0.05) is 10.9 Å². The fourth-order valence-corrected chi connectivity index (χ4v) is 3.53. The molecule has 3 nitrogen and oxygen atoms in total. The monoisotopic (exact) mass is 294 g/mol. The van der Waals surface area contributed by atoms with E-state index in [1.807, 2.05) is 36.4 Å². The summed E-state index contributed by atoms with van der Waals surface area (Å²) >= 11 is 1.67. The smallest absolute Gasteiger partial charge is 0.134 e. The molecule has 0 aliphatic carbocycles. The van der Waals surface area contributed by atoms with E-state index in [4.69, 9.17) is 10.2 Å². The van der Waals surface area contributed by atoms with E-state index in [1.165, 1.54) is 4.70 Å². The number of nitrogens with two attached hydrogens (primary N) is 1. The number of hydrogen-bond donors (Lipinski definition) is 1. The van der Waals surface area contributed by atoms with Gasteiger partial charge in [0.2, 0.25) is 0 Å². The third-order valence-electron chi connectivity index (χ3n) is 3.63. The van der Waals surface area contributed by atoms with Crippen molar-refractivity contribution in [2.75, 3.05) is 0 Å². The first-order valence-electron chi connectivity index (χ1n) is 6.87. The van der Waals surface area contributed by atoms with Crippen molar-refractivity contribution in [3.63, 3.8) is 0 Å². The molecule has 21 heavy (non-hydrogen) atoms. The Morgan fingerprint density at radius 1 is 1.10 bits per heavy atom. The van der Waals surface area contributed by atoms with E-state index >= 15 is 0 Å². The molecule has 2 heterocycles. The molecule has 0 fully saturated rings. The predicted octanol–water partition coefficient (Wildman–Crippen LogP) is 4.29. The van der Waals surface area contributed by atoms with Crippen LogP contribution in [0.2, 0.25) is 0 Å². The van der Waals surface area contributed by atoms with Crippen molar-refractivity contribution in [1.29, 1.82) is 0 Å². The highest BCUT2D eigenvalue weighted by molar-refractivity contribution is 7.18. The molecular weight excluding hydrogens is 280 g/mol. The Labute approximate surface area is 126 Å². The van der Waals surface area contributed by atoms with Crippen LogP contribution >= 0.6 is 11.3 Å². The third-order valence-corrected chi connectivity index (χ3v) is 4.80. The minimum Gasteiger partial charge on any atom is -0.464 e. The molecule has 4 rings (SSSR count). The van der Waals surface area contributed by atoms with Crippen LogP contribution in [0.15, 0.2) is 59.2 Å². The summed E-state index contributed by atoms with van der Waals surface area (Å²) in [5, 5.41) is 2.11. The normalized spacial score (nSPS) is 13.0. The molecule has 0 aliphatic rings. The first-order valence-corrected chi connectivity index (χ1v) is 7.69. The van der Waals surface area contributed by atoms with Crippen LogP contribution in [0.1, 0.15) is 16.6 Å².